The molecule has 1 N–H and O–H groups in total. The molecule has 2 aromatic heterocycles. The molecule has 0 spiro atoms. The Morgan fingerprint density at radius 1 is 1.06 bits per heavy atom. The molecule has 3 heterocycles. The summed E-state index contributed by atoms with van der Waals surface area (Å²) in [4.78, 5) is 12.5. The lowest BCUT2D eigenvalue weighted by Crippen LogP contribution is -2.47. The van der Waals surface area contributed by atoms with Crippen molar-refractivity contribution in [3.05, 3.63) is 41.9 Å². The molecule has 1 aromatic carbocycles. The number of hydrogen-bond acceptors (Lipinski definition) is 6. The van der Waals surface area contributed by atoms with Gasteiger partial charge in [0, 0.05) is 55.9 Å². The minimum absolute atomic E-state index is 0.0854. The molecule has 0 amide bonds. The number of hydrogen-bond donors (Lipinski definition) is 1. The summed E-state index contributed by atoms with van der Waals surface area (Å²) in [6, 6.07) is 9.56. The lowest BCUT2D eigenvalue weighted by molar-refractivity contribution is -0.144. The smallest absolute Gasteiger partial charge is 0.369 e. The van der Waals surface area contributed by atoms with Gasteiger partial charge in [-0.1, -0.05) is 6.07 Å². The van der Waals surface area contributed by atoms with Crippen LogP contribution in [0.15, 0.2) is 30.3 Å². The number of piperazine rings is 1. The average molecular weight is 431 g/mol. The number of aromatic nitrogens is 4. The largest absolute Gasteiger partial charge is 0.453 e. The molecule has 0 radical (unpaired) electrons. The molecule has 7 nitrogen and oxygen atoms in total. The van der Waals surface area contributed by atoms with Gasteiger partial charge in [-0.05, 0) is 43.9 Å². The van der Waals surface area contributed by atoms with Gasteiger partial charge in [0.2, 0.25) is 0 Å². The molecule has 31 heavy (non-hydrogen) atoms. The topological polar surface area (TPSA) is 61.6 Å². The second-order valence-corrected chi connectivity index (χ2v) is 8.33. The summed E-state index contributed by atoms with van der Waals surface area (Å²) in [6.45, 7) is 6.96. The van der Waals surface area contributed by atoms with E-state index in [0.717, 1.165) is 48.0 Å². The van der Waals surface area contributed by atoms with Crippen LogP contribution in [0.2, 0.25) is 0 Å². The first-order valence-corrected chi connectivity index (χ1v) is 10.5. The molecule has 0 unspecified atom stereocenters. The maximum Gasteiger partial charge on any atom is 0.453 e. The van der Waals surface area contributed by atoms with Crippen molar-refractivity contribution in [1.29, 1.82) is 0 Å². The maximum absolute atomic E-state index is 13.0. The third kappa shape index (κ3) is 4.43. The fourth-order valence-electron chi connectivity index (χ4n) is 3.98. The molecule has 0 atom stereocenters. The molecule has 2 aliphatic rings. The van der Waals surface area contributed by atoms with E-state index in [1.807, 2.05) is 18.2 Å². The van der Waals surface area contributed by atoms with Gasteiger partial charge in [-0.2, -0.15) is 22.7 Å². The zero-order valence-electron chi connectivity index (χ0n) is 17.2. The van der Waals surface area contributed by atoms with Crippen LogP contribution in [0.3, 0.4) is 0 Å². The highest BCUT2D eigenvalue weighted by atomic mass is 19.4. The van der Waals surface area contributed by atoms with Gasteiger partial charge in [0.25, 0.3) is 11.6 Å². The van der Waals surface area contributed by atoms with E-state index in [2.05, 4.69) is 36.2 Å². The Balaban J connectivity index is 1.35. The molecule has 3 aromatic rings. The summed E-state index contributed by atoms with van der Waals surface area (Å²) in [5.74, 6) is -0.00415. The lowest BCUT2D eigenvalue weighted by atomic mass is 10.2. The van der Waals surface area contributed by atoms with E-state index in [0.29, 0.717) is 11.5 Å². The second kappa shape index (κ2) is 7.67. The van der Waals surface area contributed by atoms with Crippen LogP contribution >= 0.6 is 0 Å². The van der Waals surface area contributed by atoms with Crippen molar-refractivity contribution in [2.75, 3.05) is 42.9 Å². The van der Waals surface area contributed by atoms with Crippen LogP contribution in [0.5, 0.6) is 0 Å². The monoisotopic (exact) mass is 431 g/mol. The van der Waals surface area contributed by atoms with Crippen molar-refractivity contribution >= 4 is 23.0 Å². The molecule has 1 aliphatic carbocycles. The van der Waals surface area contributed by atoms with E-state index in [1.165, 1.54) is 19.4 Å². The van der Waals surface area contributed by atoms with Crippen LogP contribution in [0.1, 0.15) is 24.4 Å². The van der Waals surface area contributed by atoms with Crippen molar-refractivity contribution < 1.29 is 13.2 Å². The molecule has 1 aliphatic heterocycles. The number of aryl methyl sites for hydroxylation is 1. The predicted molar refractivity (Wildman–Crippen MR) is 112 cm³/mol. The molecule has 2 fully saturated rings. The number of alkyl halides is 3. The lowest BCUT2D eigenvalue weighted by Gasteiger charge is -2.36. The van der Waals surface area contributed by atoms with Crippen LogP contribution in [-0.4, -0.2) is 57.2 Å². The number of fused-ring (bicyclic) bond motifs is 1. The van der Waals surface area contributed by atoms with Gasteiger partial charge in [-0.3, -0.25) is 4.90 Å². The predicted octanol–water partition coefficient (Wildman–Crippen LogP) is 3.73. The summed E-state index contributed by atoms with van der Waals surface area (Å²) >= 11 is 0. The van der Waals surface area contributed by atoms with Crippen molar-refractivity contribution in [3.8, 4) is 0 Å². The van der Waals surface area contributed by atoms with Crippen molar-refractivity contribution in [2.24, 2.45) is 5.92 Å². The Morgan fingerprint density at radius 2 is 1.84 bits per heavy atom. The number of rotatable bonds is 5. The van der Waals surface area contributed by atoms with Gasteiger partial charge in [0.05, 0.1) is 0 Å². The molecular formula is C21H24F3N7. The zero-order chi connectivity index (χ0) is 21.6. The summed E-state index contributed by atoms with van der Waals surface area (Å²) in [6.07, 6.45) is -1.89. The molecule has 5 rings (SSSR count). The molecule has 10 heteroatoms. The van der Waals surface area contributed by atoms with E-state index in [1.54, 1.807) is 13.0 Å². The third-order valence-electron chi connectivity index (χ3n) is 5.76. The zero-order valence-corrected chi connectivity index (χ0v) is 17.2. The first-order chi connectivity index (χ1) is 14.8. The number of benzene rings is 1. The standard InChI is InChI=1S/C21H24F3N7/c1-14-11-18(31-20(25-14)27-19(28-31)21(22,23)24)26-16-3-2-4-17(12-16)30-9-7-29(8-10-30)13-15-5-6-15/h2-4,11-12,15,26H,5-10,13H2,1H3. The number of nitrogens with one attached hydrogen (secondary N) is 1. The minimum atomic E-state index is -4.62. The number of halogens is 3. The first-order valence-electron chi connectivity index (χ1n) is 10.5. The van der Waals surface area contributed by atoms with E-state index in [-0.39, 0.29) is 5.78 Å². The van der Waals surface area contributed by atoms with Crippen molar-refractivity contribution in [3.63, 3.8) is 0 Å². The summed E-state index contributed by atoms with van der Waals surface area (Å²) in [7, 11) is 0. The highest BCUT2D eigenvalue weighted by Crippen LogP contribution is 2.31. The van der Waals surface area contributed by atoms with Crippen LogP contribution in [-0.2, 0) is 6.18 Å². The number of nitrogens with zero attached hydrogens (tertiary/aromatic N) is 6. The van der Waals surface area contributed by atoms with Gasteiger partial charge in [0.15, 0.2) is 0 Å². The van der Waals surface area contributed by atoms with Crippen LogP contribution in [0, 0.1) is 12.8 Å². The molecule has 1 saturated heterocycles. The highest BCUT2D eigenvalue weighted by molar-refractivity contribution is 5.64. The molecule has 0 bridgehead atoms. The maximum atomic E-state index is 13.0. The van der Waals surface area contributed by atoms with Gasteiger partial charge in [0.1, 0.15) is 5.82 Å². The Kier molecular flexibility index (Phi) is 4.96. The van der Waals surface area contributed by atoms with Gasteiger partial charge < -0.3 is 10.2 Å². The average Bonchev–Trinajstić information content (AvgIpc) is 3.42. The minimum Gasteiger partial charge on any atom is -0.369 e. The van der Waals surface area contributed by atoms with Crippen molar-refractivity contribution in [1.82, 2.24) is 24.5 Å². The van der Waals surface area contributed by atoms with Gasteiger partial charge in [-0.25, -0.2) is 4.98 Å². The fraction of sp³-hybridized carbons (Fsp3) is 0.476. The van der Waals surface area contributed by atoms with E-state index in [9.17, 15) is 13.2 Å². The summed E-state index contributed by atoms with van der Waals surface area (Å²) < 4.78 is 40.2. The Morgan fingerprint density at radius 3 is 2.55 bits per heavy atom. The number of anilines is 3. The molecule has 164 valence electrons. The Hall–Kier alpha value is -2.88. The van der Waals surface area contributed by atoms with Crippen LogP contribution in [0.4, 0.5) is 30.4 Å². The SMILES string of the molecule is Cc1cc(Nc2cccc(N3CCN(CC4CC4)CC3)c2)n2nc(C(F)(F)F)nc2n1. The van der Waals surface area contributed by atoms with Crippen LogP contribution in [0.25, 0.3) is 5.78 Å². The van der Waals surface area contributed by atoms with Crippen molar-refractivity contribution in [2.45, 2.75) is 25.9 Å². The van der Waals surface area contributed by atoms with E-state index >= 15 is 0 Å². The fourth-order valence-corrected chi connectivity index (χ4v) is 3.98. The normalized spacial score (nSPS) is 18.0. The molecule has 1 saturated carbocycles. The highest BCUT2D eigenvalue weighted by Gasteiger charge is 2.37. The van der Waals surface area contributed by atoms with E-state index < -0.39 is 12.0 Å². The molecular weight excluding hydrogens is 407 g/mol. The van der Waals surface area contributed by atoms with E-state index in [4.69, 9.17) is 0 Å². The third-order valence-corrected chi connectivity index (χ3v) is 5.76. The summed E-state index contributed by atoms with van der Waals surface area (Å²) in [5.41, 5.74) is 2.42. The van der Waals surface area contributed by atoms with Gasteiger partial charge >= 0.3 is 6.18 Å². The first kappa shape index (κ1) is 20.0. The Labute approximate surface area is 177 Å². The second-order valence-electron chi connectivity index (χ2n) is 8.33. The van der Waals surface area contributed by atoms with Gasteiger partial charge in [-0.15, -0.1) is 5.10 Å². The quantitative estimate of drug-likeness (QED) is 0.664. The summed E-state index contributed by atoms with van der Waals surface area (Å²) in [5, 5.41) is 6.80. The van der Waals surface area contributed by atoms with Crippen LogP contribution < -0.4 is 10.2 Å². The Bertz CT molecular complexity index is 1080.